The predicted molar refractivity (Wildman–Crippen MR) is 82.1 cm³/mol. The van der Waals surface area contributed by atoms with Crippen molar-refractivity contribution in [3.63, 3.8) is 0 Å². The zero-order valence-electron chi connectivity index (χ0n) is 11.4. The number of nitrogens with one attached hydrogen (secondary N) is 2. The fourth-order valence-corrected chi connectivity index (χ4v) is 1.63. The number of benzene rings is 1. The summed E-state index contributed by atoms with van der Waals surface area (Å²) >= 11 is 5.00. The van der Waals surface area contributed by atoms with Crippen LogP contribution in [0.25, 0.3) is 0 Å². The van der Waals surface area contributed by atoms with Crippen LogP contribution < -0.4 is 10.7 Å². The van der Waals surface area contributed by atoms with Gasteiger partial charge in [-0.2, -0.15) is 5.10 Å². The first kappa shape index (κ1) is 14.6. The van der Waals surface area contributed by atoms with Crippen molar-refractivity contribution in [2.75, 3.05) is 6.54 Å². The molecule has 0 atom stereocenters. The van der Waals surface area contributed by atoms with Gasteiger partial charge in [-0.1, -0.05) is 45.0 Å². The van der Waals surface area contributed by atoms with Gasteiger partial charge in [0.2, 0.25) is 0 Å². The van der Waals surface area contributed by atoms with Gasteiger partial charge in [0.15, 0.2) is 5.11 Å². The van der Waals surface area contributed by atoms with Crippen molar-refractivity contribution in [3.05, 3.63) is 35.4 Å². The first-order valence-electron chi connectivity index (χ1n) is 6.11. The maximum absolute atomic E-state index is 5.00. The fourth-order valence-electron chi connectivity index (χ4n) is 1.43. The van der Waals surface area contributed by atoms with Crippen molar-refractivity contribution in [3.8, 4) is 0 Å². The second-order valence-electron chi connectivity index (χ2n) is 5.10. The summed E-state index contributed by atoms with van der Waals surface area (Å²) in [6, 6.07) is 8.37. The molecule has 1 rings (SSSR count). The lowest BCUT2D eigenvalue weighted by Gasteiger charge is -2.18. The maximum Gasteiger partial charge on any atom is 0.186 e. The highest BCUT2D eigenvalue weighted by Gasteiger charge is 2.12. The predicted octanol–water partition coefficient (Wildman–Crippen LogP) is 2.80. The molecule has 0 bridgehead atoms. The smallest absolute Gasteiger partial charge is 0.186 e. The number of thiocarbonyl (C=S) groups is 1. The summed E-state index contributed by atoms with van der Waals surface area (Å²) in [6.45, 7) is 9.38. The van der Waals surface area contributed by atoms with E-state index in [4.69, 9.17) is 12.2 Å². The van der Waals surface area contributed by atoms with Crippen LogP contribution in [0.3, 0.4) is 0 Å². The molecule has 3 nitrogen and oxygen atoms in total. The van der Waals surface area contributed by atoms with Gasteiger partial charge in [0.1, 0.15) is 0 Å². The van der Waals surface area contributed by atoms with Crippen LogP contribution in [0, 0.1) is 0 Å². The minimum Gasteiger partial charge on any atom is -0.362 e. The van der Waals surface area contributed by atoms with E-state index in [1.165, 1.54) is 5.56 Å². The zero-order chi connectivity index (χ0) is 13.6. The molecular formula is C14H21N3S. The van der Waals surface area contributed by atoms with Crippen molar-refractivity contribution in [1.29, 1.82) is 0 Å². The summed E-state index contributed by atoms with van der Waals surface area (Å²) in [5.74, 6) is 0. The summed E-state index contributed by atoms with van der Waals surface area (Å²) in [5.41, 5.74) is 5.31. The molecule has 0 saturated carbocycles. The highest BCUT2D eigenvalue weighted by Crippen LogP contribution is 2.21. The van der Waals surface area contributed by atoms with Crippen LogP contribution in [0.5, 0.6) is 0 Å². The molecule has 0 saturated heterocycles. The Hall–Kier alpha value is -1.42. The standard InChI is InChI=1S/C14H21N3S/c1-5-15-13(18)17-16-10-11-6-8-12(9-7-11)14(2,3)4/h6-10H,5H2,1-4H3,(H2,15,17,18)/b16-10+. The Morgan fingerprint density at radius 1 is 1.28 bits per heavy atom. The summed E-state index contributed by atoms with van der Waals surface area (Å²) < 4.78 is 0. The van der Waals surface area contributed by atoms with E-state index in [1.807, 2.05) is 6.92 Å². The minimum absolute atomic E-state index is 0.181. The Morgan fingerprint density at radius 3 is 2.39 bits per heavy atom. The second kappa shape index (κ2) is 6.50. The van der Waals surface area contributed by atoms with Gasteiger partial charge < -0.3 is 5.32 Å². The normalized spacial score (nSPS) is 11.6. The molecule has 0 heterocycles. The lowest BCUT2D eigenvalue weighted by atomic mass is 9.87. The van der Waals surface area contributed by atoms with Crippen molar-refractivity contribution >= 4 is 23.5 Å². The Morgan fingerprint density at radius 2 is 1.89 bits per heavy atom. The van der Waals surface area contributed by atoms with Crippen LogP contribution in [-0.2, 0) is 5.41 Å². The monoisotopic (exact) mass is 263 g/mol. The third-order valence-electron chi connectivity index (χ3n) is 2.49. The number of hydrazone groups is 1. The first-order chi connectivity index (χ1) is 8.43. The quantitative estimate of drug-likeness (QED) is 0.500. The number of hydrogen-bond donors (Lipinski definition) is 2. The average Bonchev–Trinajstić information content (AvgIpc) is 2.29. The van der Waals surface area contributed by atoms with Gasteiger partial charge in [-0.3, -0.25) is 5.43 Å². The van der Waals surface area contributed by atoms with Gasteiger partial charge >= 0.3 is 0 Å². The second-order valence-corrected chi connectivity index (χ2v) is 5.51. The minimum atomic E-state index is 0.181. The van der Waals surface area contributed by atoms with Crippen LogP contribution in [0.2, 0.25) is 0 Å². The third kappa shape index (κ3) is 4.84. The number of hydrogen-bond acceptors (Lipinski definition) is 2. The van der Waals surface area contributed by atoms with Gasteiger partial charge in [0.25, 0.3) is 0 Å². The lowest BCUT2D eigenvalue weighted by Crippen LogP contribution is -2.31. The van der Waals surface area contributed by atoms with Gasteiger partial charge in [0, 0.05) is 6.54 Å². The Kier molecular flexibility index (Phi) is 5.28. The van der Waals surface area contributed by atoms with Crippen molar-refractivity contribution in [2.24, 2.45) is 5.10 Å². The number of rotatable bonds is 3. The van der Waals surface area contributed by atoms with Crippen LogP contribution >= 0.6 is 12.2 Å². The van der Waals surface area contributed by atoms with Crippen molar-refractivity contribution in [2.45, 2.75) is 33.1 Å². The molecule has 0 aliphatic heterocycles. The molecule has 0 aliphatic rings. The van der Waals surface area contributed by atoms with E-state index in [-0.39, 0.29) is 5.41 Å². The molecule has 18 heavy (non-hydrogen) atoms. The molecule has 2 N–H and O–H groups in total. The average molecular weight is 263 g/mol. The Balaban J connectivity index is 2.59. The van der Waals surface area contributed by atoms with Gasteiger partial charge in [-0.05, 0) is 35.7 Å². The van der Waals surface area contributed by atoms with E-state index < -0.39 is 0 Å². The van der Waals surface area contributed by atoms with E-state index >= 15 is 0 Å². The summed E-state index contributed by atoms with van der Waals surface area (Å²) in [7, 11) is 0. The molecule has 98 valence electrons. The molecule has 0 fully saturated rings. The molecule has 0 unspecified atom stereocenters. The highest BCUT2D eigenvalue weighted by atomic mass is 32.1. The molecular weight excluding hydrogens is 242 g/mol. The summed E-state index contributed by atoms with van der Waals surface area (Å²) in [6.07, 6.45) is 1.76. The van der Waals surface area contributed by atoms with E-state index in [2.05, 4.69) is 60.9 Å². The first-order valence-corrected chi connectivity index (χ1v) is 6.51. The van der Waals surface area contributed by atoms with Crippen LogP contribution in [0.15, 0.2) is 29.4 Å². The maximum atomic E-state index is 5.00. The summed E-state index contributed by atoms with van der Waals surface area (Å²) in [4.78, 5) is 0. The Labute approximate surface area is 115 Å². The van der Waals surface area contributed by atoms with E-state index in [1.54, 1.807) is 6.21 Å². The topological polar surface area (TPSA) is 36.4 Å². The summed E-state index contributed by atoms with van der Waals surface area (Å²) in [5, 5.41) is 7.58. The zero-order valence-corrected chi connectivity index (χ0v) is 12.3. The molecule has 0 amide bonds. The van der Waals surface area contributed by atoms with Gasteiger partial charge in [-0.15, -0.1) is 0 Å². The molecule has 0 spiro atoms. The van der Waals surface area contributed by atoms with E-state index in [0.29, 0.717) is 5.11 Å². The van der Waals surface area contributed by atoms with Crippen LogP contribution in [0.1, 0.15) is 38.8 Å². The number of nitrogens with zero attached hydrogens (tertiary/aromatic N) is 1. The van der Waals surface area contributed by atoms with Crippen molar-refractivity contribution in [1.82, 2.24) is 10.7 Å². The lowest BCUT2D eigenvalue weighted by molar-refractivity contribution is 0.590. The Bertz CT molecular complexity index is 416. The third-order valence-corrected chi connectivity index (χ3v) is 2.73. The highest BCUT2D eigenvalue weighted by molar-refractivity contribution is 7.80. The molecule has 0 aromatic heterocycles. The van der Waals surface area contributed by atoms with Crippen LogP contribution in [-0.4, -0.2) is 17.9 Å². The molecule has 1 aromatic carbocycles. The fraction of sp³-hybridized carbons (Fsp3) is 0.429. The van der Waals surface area contributed by atoms with E-state index in [0.717, 1.165) is 12.1 Å². The van der Waals surface area contributed by atoms with Gasteiger partial charge in [-0.25, -0.2) is 0 Å². The van der Waals surface area contributed by atoms with E-state index in [9.17, 15) is 0 Å². The SMILES string of the molecule is CCNC(=S)N/N=C/c1ccc(C(C)(C)C)cc1. The largest absolute Gasteiger partial charge is 0.362 e. The molecule has 0 radical (unpaired) electrons. The van der Waals surface area contributed by atoms with Crippen molar-refractivity contribution < 1.29 is 0 Å². The molecule has 4 heteroatoms. The van der Waals surface area contributed by atoms with Gasteiger partial charge in [0.05, 0.1) is 6.21 Å². The molecule has 1 aromatic rings. The van der Waals surface area contributed by atoms with Crippen LogP contribution in [0.4, 0.5) is 0 Å². The molecule has 0 aliphatic carbocycles.